The highest BCUT2D eigenvalue weighted by Crippen LogP contribution is 2.42. The SMILES string of the molecule is CCC1CC(CO[C@H]2OC(CO)[C@@H](O)C(n3cc(-c4cc(C)c(F)c(F)c4)nn3)C2O)C[C@@H](O[C@@H]2O[C@@H](CO)[C@H](O)C(O[C@@H](CC3CCCCC3)C(=O)O)C2OC(=O)c2ccccc2)[C@@H]1O[C@@H]1OC(C)[C@@H](O)[C@H](O)C1O. The molecule has 4 heterocycles. The summed E-state index contributed by atoms with van der Waals surface area (Å²) in [4.78, 5) is 26.9. The first kappa shape index (κ1) is 57.9. The number of aliphatic hydroxyl groups excluding tert-OH is 8. The summed E-state index contributed by atoms with van der Waals surface area (Å²) in [6, 6.07) is 8.79. The maximum atomic E-state index is 14.4. The van der Waals surface area contributed by atoms with Crippen LogP contribution in [-0.2, 0) is 42.7 Å². The van der Waals surface area contributed by atoms with E-state index in [1.165, 1.54) is 38.2 Å². The number of hydrogen-bond donors (Lipinski definition) is 9. The number of aliphatic carboxylic acids is 1. The molecule has 5 fully saturated rings. The molecule has 3 aliphatic heterocycles. The van der Waals surface area contributed by atoms with Crippen molar-refractivity contribution in [1.29, 1.82) is 0 Å². The molecule has 2 saturated carbocycles. The van der Waals surface area contributed by atoms with E-state index >= 15 is 0 Å². The Hall–Kier alpha value is -4.22. The zero-order valence-electron chi connectivity index (χ0n) is 42.4. The Kier molecular flexibility index (Phi) is 19.6. The number of esters is 1. The predicted octanol–water partition coefficient (Wildman–Crippen LogP) is 1.68. The molecule has 5 aliphatic rings. The normalized spacial score (nSPS) is 36.9. The third-order valence-electron chi connectivity index (χ3n) is 15.6. The summed E-state index contributed by atoms with van der Waals surface area (Å²) in [7, 11) is 0. The summed E-state index contributed by atoms with van der Waals surface area (Å²) in [5.41, 5.74) is 0.355. The quantitative estimate of drug-likeness (QED) is 0.0771. The van der Waals surface area contributed by atoms with Gasteiger partial charge in [-0.25, -0.2) is 23.1 Å². The highest BCUT2D eigenvalue weighted by Gasteiger charge is 2.54. The van der Waals surface area contributed by atoms with Crippen LogP contribution in [0.3, 0.4) is 0 Å². The van der Waals surface area contributed by atoms with Gasteiger partial charge in [-0.3, -0.25) is 0 Å². The van der Waals surface area contributed by atoms with Crippen LogP contribution < -0.4 is 0 Å². The number of nitrogens with zero attached hydrogens (tertiary/aromatic N) is 3. The van der Waals surface area contributed by atoms with E-state index in [1.807, 2.05) is 6.92 Å². The molecule has 8 rings (SSSR count). The minimum absolute atomic E-state index is 0.000391. The molecule has 2 aromatic carbocycles. The van der Waals surface area contributed by atoms with Gasteiger partial charge in [0.1, 0.15) is 66.7 Å². The van der Waals surface area contributed by atoms with Gasteiger partial charge >= 0.3 is 11.9 Å². The van der Waals surface area contributed by atoms with Crippen LogP contribution in [0.4, 0.5) is 8.78 Å². The molecular weight excluding hydrogens is 1010 g/mol. The molecule has 0 amide bonds. The fourth-order valence-electron chi connectivity index (χ4n) is 11.3. The van der Waals surface area contributed by atoms with Crippen molar-refractivity contribution in [3.63, 3.8) is 0 Å². The fraction of sp³-hybridized carbons (Fsp3) is 0.692. The Bertz CT molecular complexity index is 2350. The van der Waals surface area contributed by atoms with Crippen molar-refractivity contribution in [2.24, 2.45) is 17.8 Å². The van der Waals surface area contributed by atoms with Crippen LogP contribution in [0.2, 0.25) is 0 Å². The van der Waals surface area contributed by atoms with Crippen molar-refractivity contribution in [3.05, 3.63) is 71.4 Å². The Balaban J connectivity index is 1.09. The third-order valence-corrected chi connectivity index (χ3v) is 15.6. The van der Waals surface area contributed by atoms with Gasteiger partial charge in [0, 0.05) is 5.56 Å². The lowest BCUT2D eigenvalue weighted by molar-refractivity contribution is -0.351. The summed E-state index contributed by atoms with van der Waals surface area (Å²) in [5, 5.41) is 107. The second-order valence-electron chi connectivity index (χ2n) is 20.8. The monoisotopic (exact) mass is 1080 g/mol. The molecule has 9 N–H and O–H groups in total. The van der Waals surface area contributed by atoms with Crippen LogP contribution in [-0.4, -0.2) is 197 Å². The van der Waals surface area contributed by atoms with E-state index in [0.29, 0.717) is 12.8 Å². The molecule has 3 aromatic rings. The van der Waals surface area contributed by atoms with Gasteiger partial charge in [0.15, 0.2) is 42.7 Å². The average molecular weight is 1080 g/mol. The van der Waals surface area contributed by atoms with Crippen molar-refractivity contribution in [3.8, 4) is 11.3 Å². The molecular formula is C52H71F2N3O19. The van der Waals surface area contributed by atoms with Crippen molar-refractivity contribution in [2.45, 2.75) is 189 Å². The number of aromatic nitrogens is 3. The van der Waals surface area contributed by atoms with Crippen LogP contribution in [0.25, 0.3) is 11.3 Å². The molecule has 3 saturated heterocycles. The number of carbonyl (C=O) groups excluding carboxylic acids is 1. The maximum absolute atomic E-state index is 14.4. The van der Waals surface area contributed by atoms with E-state index in [-0.39, 0.29) is 47.8 Å². The molecule has 20 atom stereocenters. The molecule has 0 bridgehead atoms. The minimum atomic E-state index is -1.75. The molecule has 0 spiro atoms. The number of benzene rings is 2. The number of carbonyl (C=O) groups is 2. The Morgan fingerprint density at radius 3 is 2.16 bits per heavy atom. The topological polar surface area (TPSA) is 321 Å². The number of carboxylic acid groups (broad SMARTS) is 1. The van der Waals surface area contributed by atoms with E-state index in [0.717, 1.165) is 42.9 Å². The lowest BCUT2D eigenvalue weighted by atomic mass is 9.76. The van der Waals surface area contributed by atoms with E-state index in [2.05, 4.69) is 10.3 Å². The number of aryl methyl sites for hydroxylation is 1. The highest BCUT2D eigenvalue weighted by atomic mass is 19.2. The lowest BCUT2D eigenvalue weighted by Crippen LogP contribution is -2.64. The number of rotatable bonds is 19. The second kappa shape index (κ2) is 25.7. The summed E-state index contributed by atoms with van der Waals surface area (Å²) in [5.74, 6) is -5.40. The lowest BCUT2D eigenvalue weighted by Gasteiger charge is -2.49. The van der Waals surface area contributed by atoms with Crippen molar-refractivity contribution >= 4 is 11.9 Å². The molecule has 1 aromatic heterocycles. The van der Waals surface area contributed by atoms with Gasteiger partial charge in [0.25, 0.3) is 0 Å². The third kappa shape index (κ3) is 12.9. The van der Waals surface area contributed by atoms with Crippen LogP contribution in [0.1, 0.15) is 93.6 Å². The molecule has 422 valence electrons. The van der Waals surface area contributed by atoms with Crippen molar-refractivity contribution in [2.75, 3.05) is 19.8 Å². The van der Waals surface area contributed by atoms with E-state index in [1.54, 1.807) is 18.2 Å². The predicted molar refractivity (Wildman–Crippen MR) is 256 cm³/mol. The van der Waals surface area contributed by atoms with Crippen LogP contribution in [0.15, 0.2) is 48.7 Å². The van der Waals surface area contributed by atoms with E-state index in [9.17, 15) is 64.3 Å². The zero-order chi connectivity index (χ0) is 54.5. The highest BCUT2D eigenvalue weighted by molar-refractivity contribution is 5.89. The first-order valence-electron chi connectivity index (χ1n) is 26.1. The van der Waals surface area contributed by atoms with Gasteiger partial charge in [-0.15, -0.1) is 5.10 Å². The zero-order valence-corrected chi connectivity index (χ0v) is 42.4. The minimum Gasteiger partial charge on any atom is -0.479 e. The van der Waals surface area contributed by atoms with Gasteiger partial charge in [-0.2, -0.15) is 0 Å². The molecule has 2 aliphatic carbocycles. The van der Waals surface area contributed by atoms with Crippen LogP contribution in [0, 0.1) is 36.3 Å². The standard InChI is InChI=1S/C52H71F2N3O19/c1-4-28-16-27(23-69-50-42(63)38(40(61)35(21-58)73-50)57-20-32(55-56-57)30-15-24(2)37(54)31(53)19-30)18-33(45(28)76-51-44(65)43(64)39(60)25(3)70-51)72-52-47(75-49(68)29-13-9-6-10-14-29)46(41(62)36(22-59)74-52)71-34(48(66)67)17-26-11-7-5-8-12-26/h6,9-10,13-15,19-20,25-28,33-36,38-47,50-52,58-65H,4-5,7-8,11-12,16-18,21-23H2,1-3H3,(H,66,67)/t25?,27?,28?,33-,34+,35?,36+,38?,39-,40-,41+,42?,43+,44?,45-,46?,47?,50+,51+,52-/m1/s1. The van der Waals surface area contributed by atoms with Crippen LogP contribution in [0.5, 0.6) is 0 Å². The molecule has 22 nitrogen and oxygen atoms in total. The van der Waals surface area contributed by atoms with Crippen molar-refractivity contribution < 1.29 is 102 Å². The summed E-state index contributed by atoms with van der Waals surface area (Å²) >= 11 is 0. The summed E-state index contributed by atoms with van der Waals surface area (Å²) < 4.78 is 79.6. The van der Waals surface area contributed by atoms with Gasteiger partial charge < -0.3 is 83.9 Å². The summed E-state index contributed by atoms with van der Waals surface area (Å²) in [6.07, 6.45) is -19.0. The maximum Gasteiger partial charge on any atom is 0.338 e. The van der Waals surface area contributed by atoms with Gasteiger partial charge in [-0.05, 0) is 80.7 Å². The van der Waals surface area contributed by atoms with Gasteiger partial charge in [0.2, 0.25) is 0 Å². The Labute approximate surface area is 437 Å². The first-order chi connectivity index (χ1) is 36.4. The second-order valence-corrected chi connectivity index (χ2v) is 20.8. The molecule has 76 heavy (non-hydrogen) atoms. The number of ether oxygens (including phenoxy) is 8. The molecule has 9 unspecified atom stereocenters. The number of hydrogen-bond acceptors (Lipinski definition) is 20. The smallest absolute Gasteiger partial charge is 0.338 e. The molecule has 0 radical (unpaired) electrons. The largest absolute Gasteiger partial charge is 0.479 e. The number of aliphatic hydroxyl groups is 8. The Morgan fingerprint density at radius 2 is 1.49 bits per heavy atom. The van der Waals surface area contributed by atoms with Crippen LogP contribution >= 0.6 is 0 Å². The number of carboxylic acids is 1. The van der Waals surface area contributed by atoms with Gasteiger partial charge in [0.05, 0.1) is 49.9 Å². The fourth-order valence-corrected chi connectivity index (χ4v) is 11.3. The average Bonchev–Trinajstić information content (AvgIpc) is 3.90. The summed E-state index contributed by atoms with van der Waals surface area (Å²) in [6.45, 7) is 2.99. The Morgan fingerprint density at radius 1 is 0.789 bits per heavy atom. The van der Waals surface area contributed by atoms with Crippen molar-refractivity contribution in [1.82, 2.24) is 15.0 Å². The van der Waals surface area contributed by atoms with E-state index < -0.39 is 159 Å². The first-order valence-corrected chi connectivity index (χ1v) is 26.1. The molecule has 24 heteroatoms. The van der Waals surface area contributed by atoms with E-state index in [4.69, 9.17) is 37.9 Å². The number of halogens is 2. The van der Waals surface area contributed by atoms with Gasteiger partial charge in [-0.1, -0.05) is 68.9 Å².